The molecule has 18 heavy (non-hydrogen) atoms. The first-order valence-electron chi connectivity index (χ1n) is 6.82. The van der Waals surface area contributed by atoms with Crippen molar-refractivity contribution in [1.82, 2.24) is 4.72 Å². The number of nitrogens with one attached hydrogen (secondary N) is 1. The third-order valence-corrected chi connectivity index (χ3v) is 5.85. The summed E-state index contributed by atoms with van der Waals surface area (Å²) in [6.45, 7) is 1.54. The van der Waals surface area contributed by atoms with Gasteiger partial charge in [0.1, 0.15) is 0 Å². The average Bonchev–Trinajstić information content (AvgIpc) is 2.38. The molecule has 0 aromatic rings. The van der Waals surface area contributed by atoms with Crippen molar-refractivity contribution in [3.63, 3.8) is 0 Å². The molecule has 106 valence electrons. The van der Waals surface area contributed by atoms with Crippen molar-refractivity contribution in [3.05, 3.63) is 0 Å². The fourth-order valence-electron chi connectivity index (χ4n) is 2.79. The summed E-state index contributed by atoms with van der Waals surface area (Å²) in [5.41, 5.74) is 0. The Hall–Kier alpha value is -0.170. The lowest BCUT2D eigenvalue weighted by Crippen LogP contribution is -2.41. The van der Waals surface area contributed by atoms with Crippen LogP contribution in [0.1, 0.15) is 38.5 Å². The minimum absolute atomic E-state index is 0.253. The standard InChI is InChI=1S/C12H23NO4S/c14-11-3-1-2-10(8-11)9-13-18(15,16)12-4-6-17-7-5-12/h10-14H,1-9H2. The molecule has 2 unspecified atom stereocenters. The lowest BCUT2D eigenvalue weighted by atomic mass is 9.87. The molecule has 2 atom stereocenters. The van der Waals surface area contributed by atoms with Gasteiger partial charge in [-0.05, 0) is 38.0 Å². The molecule has 0 aromatic carbocycles. The second-order valence-corrected chi connectivity index (χ2v) is 7.44. The van der Waals surface area contributed by atoms with Crippen LogP contribution >= 0.6 is 0 Å². The fourth-order valence-corrected chi connectivity index (χ4v) is 4.30. The molecule has 2 aliphatic rings. The van der Waals surface area contributed by atoms with E-state index < -0.39 is 10.0 Å². The Morgan fingerprint density at radius 2 is 1.89 bits per heavy atom. The number of aliphatic hydroxyl groups is 1. The molecule has 1 aliphatic carbocycles. The van der Waals surface area contributed by atoms with Crippen molar-refractivity contribution in [2.45, 2.75) is 49.9 Å². The predicted molar refractivity (Wildman–Crippen MR) is 68.7 cm³/mol. The molecule has 0 radical (unpaired) electrons. The van der Waals surface area contributed by atoms with Gasteiger partial charge in [0, 0.05) is 19.8 Å². The molecule has 2 fully saturated rings. The van der Waals surface area contributed by atoms with E-state index in [0.717, 1.165) is 25.7 Å². The summed E-state index contributed by atoms with van der Waals surface area (Å²) in [5, 5.41) is 9.26. The first-order chi connectivity index (χ1) is 8.58. The van der Waals surface area contributed by atoms with E-state index in [1.165, 1.54) is 0 Å². The van der Waals surface area contributed by atoms with Crippen LogP contribution in [0.3, 0.4) is 0 Å². The molecule has 5 nitrogen and oxygen atoms in total. The topological polar surface area (TPSA) is 75.6 Å². The van der Waals surface area contributed by atoms with Gasteiger partial charge >= 0.3 is 0 Å². The lowest BCUT2D eigenvalue weighted by molar-refractivity contribution is 0.0972. The Labute approximate surface area is 109 Å². The maximum Gasteiger partial charge on any atom is 0.214 e. The first-order valence-corrected chi connectivity index (χ1v) is 8.37. The van der Waals surface area contributed by atoms with E-state index in [2.05, 4.69) is 4.72 Å². The van der Waals surface area contributed by atoms with Gasteiger partial charge in [-0.25, -0.2) is 13.1 Å². The smallest absolute Gasteiger partial charge is 0.214 e. The van der Waals surface area contributed by atoms with Gasteiger partial charge in [-0.3, -0.25) is 0 Å². The lowest BCUT2D eigenvalue weighted by Gasteiger charge is -2.27. The molecular weight excluding hydrogens is 254 g/mol. The monoisotopic (exact) mass is 277 g/mol. The third-order valence-electron chi connectivity index (χ3n) is 3.94. The van der Waals surface area contributed by atoms with Gasteiger partial charge in [-0.2, -0.15) is 0 Å². The second kappa shape index (κ2) is 6.32. The van der Waals surface area contributed by atoms with Crippen LogP contribution in [0.15, 0.2) is 0 Å². The molecule has 2 N–H and O–H groups in total. The summed E-state index contributed by atoms with van der Waals surface area (Å²) in [7, 11) is -3.21. The molecule has 0 amide bonds. The van der Waals surface area contributed by atoms with Crippen molar-refractivity contribution in [1.29, 1.82) is 0 Å². The molecule has 1 aliphatic heterocycles. The largest absolute Gasteiger partial charge is 0.393 e. The van der Waals surface area contributed by atoms with E-state index in [1.807, 2.05) is 0 Å². The second-order valence-electron chi connectivity index (χ2n) is 5.39. The highest BCUT2D eigenvalue weighted by molar-refractivity contribution is 7.90. The average molecular weight is 277 g/mol. The van der Waals surface area contributed by atoms with Crippen LogP contribution in [0.25, 0.3) is 0 Å². The van der Waals surface area contributed by atoms with Gasteiger partial charge in [0.05, 0.1) is 11.4 Å². The normalized spacial score (nSPS) is 31.4. The van der Waals surface area contributed by atoms with Crippen molar-refractivity contribution >= 4 is 10.0 Å². The molecule has 1 saturated carbocycles. The van der Waals surface area contributed by atoms with E-state index in [0.29, 0.717) is 32.6 Å². The van der Waals surface area contributed by atoms with Crippen LogP contribution in [0.2, 0.25) is 0 Å². The molecule has 0 spiro atoms. The molecule has 6 heteroatoms. The Morgan fingerprint density at radius 3 is 2.56 bits per heavy atom. The molecule has 1 saturated heterocycles. The van der Waals surface area contributed by atoms with Crippen LogP contribution in [0, 0.1) is 5.92 Å². The van der Waals surface area contributed by atoms with Gasteiger partial charge in [0.25, 0.3) is 0 Å². The van der Waals surface area contributed by atoms with Crippen molar-refractivity contribution < 1.29 is 18.3 Å². The highest BCUT2D eigenvalue weighted by Gasteiger charge is 2.29. The van der Waals surface area contributed by atoms with Crippen molar-refractivity contribution in [3.8, 4) is 0 Å². The summed E-state index contributed by atoms with van der Waals surface area (Å²) in [4.78, 5) is 0. The zero-order chi connectivity index (χ0) is 13.0. The highest BCUT2D eigenvalue weighted by Crippen LogP contribution is 2.24. The minimum Gasteiger partial charge on any atom is -0.393 e. The number of hydrogen-bond donors (Lipinski definition) is 2. The zero-order valence-corrected chi connectivity index (χ0v) is 11.5. The van der Waals surface area contributed by atoms with E-state index in [9.17, 15) is 13.5 Å². The third kappa shape index (κ3) is 3.91. The summed E-state index contributed by atoms with van der Waals surface area (Å²) < 4.78 is 32.1. The molecule has 0 bridgehead atoms. The maximum atomic E-state index is 12.1. The Balaban J connectivity index is 1.80. The fraction of sp³-hybridized carbons (Fsp3) is 1.00. The zero-order valence-electron chi connectivity index (χ0n) is 10.7. The summed E-state index contributed by atoms with van der Waals surface area (Å²) in [5.74, 6) is 0.281. The summed E-state index contributed by atoms with van der Waals surface area (Å²) in [6.07, 6.45) is 4.49. The van der Waals surface area contributed by atoms with E-state index >= 15 is 0 Å². The van der Waals surface area contributed by atoms with Gasteiger partial charge in [0.15, 0.2) is 0 Å². The van der Waals surface area contributed by atoms with Crippen LogP contribution in [-0.4, -0.2) is 44.6 Å². The molecular formula is C12H23NO4S. The Morgan fingerprint density at radius 1 is 1.17 bits per heavy atom. The SMILES string of the molecule is O=S(=O)(NCC1CCCC(O)C1)C1CCOCC1. The van der Waals surface area contributed by atoms with Crippen LogP contribution in [-0.2, 0) is 14.8 Å². The summed E-state index contributed by atoms with van der Waals surface area (Å²) in [6, 6.07) is 0. The predicted octanol–water partition coefficient (Wildman–Crippen LogP) is 0.636. The Kier molecular flexibility index (Phi) is 5.00. The van der Waals surface area contributed by atoms with E-state index in [-0.39, 0.29) is 17.3 Å². The van der Waals surface area contributed by atoms with Crippen LogP contribution in [0.5, 0.6) is 0 Å². The molecule has 2 rings (SSSR count). The highest BCUT2D eigenvalue weighted by atomic mass is 32.2. The quantitative estimate of drug-likeness (QED) is 0.790. The molecule has 1 heterocycles. The van der Waals surface area contributed by atoms with E-state index in [4.69, 9.17) is 4.74 Å². The van der Waals surface area contributed by atoms with Crippen molar-refractivity contribution in [2.24, 2.45) is 5.92 Å². The number of aliphatic hydroxyl groups excluding tert-OH is 1. The van der Waals surface area contributed by atoms with Gasteiger partial charge in [0.2, 0.25) is 10.0 Å². The van der Waals surface area contributed by atoms with E-state index in [1.54, 1.807) is 0 Å². The van der Waals surface area contributed by atoms with Gasteiger partial charge < -0.3 is 9.84 Å². The van der Waals surface area contributed by atoms with Crippen LogP contribution in [0.4, 0.5) is 0 Å². The number of ether oxygens (including phenoxy) is 1. The van der Waals surface area contributed by atoms with Gasteiger partial charge in [-0.15, -0.1) is 0 Å². The van der Waals surface area contributed by atoms with Crippen LogP contribution < -0.4 is 4.72 Å². The number of hydrogen-bond acceptors (Lipinski definition) is 4. The number of rotatable bonds is 4. The first kappa shape index (κ1) is 14.2. The minimum atomic E-state index is -3.21. The number of sulfonamides is 1. The molecule has 0 aromatic heterocycles. The summed E-state index contributed by atoms with van der Waals surface area (Å²) >= 11 is 0. The Bertz CT molecular complexity index is 351. The van der Waals surface area contributed by atoms with Crippen molar-refractivity contribution in [2.75, 3.05) is 19.8 Å². The maximum absolute atomic E-state index is 12.1. The van der Waals surface area contributed by atoms with Gasteiger partial charge in [-0.1, -0.05) is 6.42 Å².